The van der Waals surface area contributed by atoms with Crippen molar-refractivity contribution in [1.82, 2.24) is 9.88 Å². The molecule has 1 atom stereocenters. The number of hydrogen-bond acceptors (Lipinski definition) is 7. The van der Waals surface area contributed by atoms with E-state index in [1.807, 2.05) is 49.4 Å². The fourth-order valence-corrected chi connectivity index (χ4v) is 6.01. The summed E-state index contributed by atoms with van der Waals surface area (Å²) in [6.07, 6.45) is 3.23. The maximum absolute atomic E-state index is 12.6. The third kappa shape index (κ3) is 7.55. The molecule has 0 saturated carbocycles. The third-order valence-corrected chi connectivity index (χ3v) is 8.52. The van der Waals surface area contributed by atoms with Crippen LogP contribution in [0.3, 0.4) is 0 Å². The Bertz CT molecular complexity index is 1630. The van der Waals surface area contributed by atoms with Crippen LogP contribution in [0, 0.1) is 11.3 Å². The number of rotatable bonds is 11. The quantitative estimate of drug-likeness (QED) is 0.152. The zero-order valence-electron chi connectivity index (χ0n) is 23.8. The van der Waals surface area contributed by atoms with E-state index in [1.54, 1.807) is 18.3 Å². The molecule has 0 radical (unpaired) electrons. The molecule has 0 spiro atoms. The van der Waals surface area contributed by atoms with Gasteiger partial charge in [0.25, 0.3) is 0 Å². The Morgan fingerprint density at radius 1 is 1.05 bits per heavy atom. The van der Waals surface area contributed by atoms with Crippen LogP contribution in [-0.4, -0.2) is 35.0 Å². The van der Waals surface area contributed by atoms with Crippen molar-refractivity contribution < 1.29 is 19.0 Å². The summed E-state index contributed by atoms with van der Waals surface area (Å²) in [5.41, 5.74) is 5.10. The molecule has 4 aromatic rings. The Kier molecular flexibility index (Phi) is 10.3. The Balaban J connectivity index is 1.40. The van der Waals surface area contributed by atoms with E-state index in [0.29, 0.717) is 35.4 Å². The van der Waals surface area contributed by atoms with Crippen LogP contribution >= 0.6 is 27.5 Å². The van der Waals surface area contributed by atoms with Gasteiger partial charge in [0.05, 0.1) is 11.6 Å². The number of benzene rings is 3. The number of pyridine rings is 1. The van der Waals surface area contributed by atoms with Gasteiger partial charge >= 0.3 is 5.97 Å². The minimum atomic E-state index is -0.310. The second kappa shape index (κ2) is 14.5. The van der Waals surface area contributed by atoms with Crippen molar-refractivity contribution in [3.63, 3.8) is 0 Å². The Morgan fingerprint density at radius 2 is 1.86 bits per heavy atom. The van der Waals surface area contributed by atoms with Crippen molar-refractivity contribution in [2.75, 3.05) is 13.2 Å². The molecule has 0 amide bonds. The molecule has 0 N–H and O–H groups in total. The van der Waals surface area contributed by atoms with Gasteiger partial charge in [0.2, 0.25) is 0 Å². The predicted molar refractivity (Wildman–Crippen MR) is 169 cm³/mol. The van der Waals surface area contributed by atoms with E-state index in [0.717, 1.165) is 51.7 Å². The molecule has 9 heteroatoms. The average Bonchev–Trinajstić information content (AvgIpc) is 3.49. The first kappa shape index (κ1) is 30.6. The van der Waals surface area contributed by atoms with Gasteiger partial charge in [0, 0.05) is 34.4 Å². The second-order valence-electron chi connectivity index (χ2n) is 10.2. The van der Waals surface area contributed by atoms with Crippen molar-refractivity contribution in [2.45, 2.75) is 45.6 Å². The molecule has 1 aliphatic rings. The number of likely N-dealkylation sites (tertiary alicyclic amines) is 1. The van der Waals surface area contributed by atoms with Crippen LogP contribution in [0.4, 0.5) is 0 Å². The molecule has 0 aliphatic carbocycles. The highest BCUT2D eigenvalue weighted by Gasteiger charge is 2.32. The van der Waals surface area contributed by atoms with E-state index < -0.39 is 0 Å². The maximum atomic E-state index is 12.6. The SMILES string of the molecule is CCOC(=O)C1CCCN1Cc1cc(Cl)c(OCc2cccc(-c3ccccc3)c2Br)cc1OCc1ccnc(C#N)c1. The van der Waals surface area contributed by atoms with Crippen molar-refractivity contribution in [2.24, 2.45) is 0 Å². The lowest BCUT2D eigenvalue weighted by Gasteiger charge is -2.24. The van der Waals surface area contributed by atoms with Gasteiger partial charge < -0.3 is 14.2 Å². The molecule has 1 fully saturated rings. The standard InChI is InChI=1S/C34H31BrClN3O4/c1-2-41-34(40)30-12-7-15-39(30)20-26-17-29(36)32(18-31(26)42-21-23-13-14-38-27(16-23)19-37)43-22-25-10-6-11-28(33(25)35)24-8-4-3-5-9-24/h3-6,8-11,13-14,16-18,30H,2,7,12,15,20-22H2,1H3. The van der Waals surface area contributed by atoms with Gasteiger partial charge in [-0.2, -0.15) is 5.26 Å². The molecule has 3 aromatic carbocycles. The van der Waals surface area contributed by atoms with Gasteiger partial charge in [-0.05, 0) is 77.1 Å². The molecular formula is C34H31BrClN3O4. The van der Waals surface area contributed by atoms with E-state index in [4.69, 9.17) is 25.8 Å². The Hall–Kier alpha value is -3.90. The summed E-state index contributed by atoms with van der Waals surface area (Å²) >= 11 is 10.5. The molecular weight excluding hydrogens is 630 g/mol. The van der Waals surface area contributed by atoms with Crippen LogP contribution < -0.4 is 9.47 Å². The number of halogens is 2. The van der Waals surface area contributed by atoms with Crippen molar-refractivity contribution in [1.29, 1.82) is 5.26 Å². The van der Waals surface area contributed by atoms with Crippen LogP contribution in [0.25, 0.3) is 11.1 Å². The lowest BCUT2D eigenvalue weighted by Crippen LogP contribution is -2.36. The van der Waals surface area contributed by atoms with Gasteiger partial charge in [-0.25, -0.2) is 4.98 Å². The Morgan fingerprint density at radius 3 is 2.65 bits per heavy atom. The van der Waals surface area contributed by atoms with E-state index >= 15 is 0 Å². The molecule has 2 heterocycles. The van der Waals surface area contributed by atoms with Crippen LogP contribution in [0.5, 0.6) is 11.5 Å². The summed E-state index contributed by atoms with van der Waals surface area (Å²) < 4.78 is 18.8. The maximum Gasteiger partial charge on any atom is 0.323 e. The molecule has 1 saturated heterocycles. The second-order valence-corrected chi connectivity index (χ2v) is 11.4. The number of ether oxygens (including phenoxy) is 3. The third-order valence-electron chi connectivity index (χ3n) is 7.29. The summed E-state index contributed by atoms with van der Waals surface area (Å²) in [6.45, 7) is 3.89. The smallest absolute Gasteiger partial charge is 0.323 e. The molecule has 5 rings (SSSR count). The van der Waals surface area contributed by atoms with Crippen LogP contribution in [0.1, 0.15) is 42.1 Å². The molecule has 1 unspecified atom stereocenters. The normalized spacial score (nSPS) is 14.7. The number of nitriles is 1. The van der Waals surface area contributed by atoms with Gasteiger partial charge in [-0.15, -0.1) is 0 Å². The van der Waals surface area contributed by atoms with Gasteiger partial charge in [0.1, 0.15) is 42.5 Å². The Labute approximate surface area is 265 Å². The first-order chi connectivity index (χ1) is 21.0. The van der Waals surface area contributed by atoms with Crippen LogP contribution in [0.2, 0.25) is 5.02 Å². The lowest BCUT2D eigenvalue weighted by molar-refractivity contribution is -0.148. The predicted octanol–water partition coefficient (Wildman–Crippen LogP) is 7.72. The molecule has 7 nitrogen and oxygen atoms in total. The van der Waals surface area contributed by atoms with Gasteiger partial charge in [-0.1, -0.05) is 60.1 Å². The van der Waals surface area contributed by atoms with Gasteiger partial charge in [0.15, 0.2) is 0 Å². The van der Waals surface area contributed by atoms with Gasteiger partial charge in [-0.3, -0.25) is 9.69 Å². The first-order valence-electron chi connectivity index (χ1n) is 14.1. The molecule has 1 aromatic heterocycles. The minimum absolute atomic E-state index is 0.211. The molecule has 0 bridgehead atoms. The highest BCUT2D eigenvalue weighted by molar-refractivity contribution is 9.10. The summed E-state index contributed by atoms with van der Waals surface area (Å²) in [6, 6.07) is 25.1. The number of nitrogens with zero attached hydrogens (tertiary/aromatic N) is 3. The van der Waals surface area contributed by atoms with Crippen LogP contribution in [0.15, 0.2) is 83.5 Å². The topological polar surface area (TPSA) is 84.7 Å². The highest BCUT2D eigenvalue weighted by atomic mass is 79.9. The fourth-order valence-electron chi connectivity index (χ4n) is 5.16. The monoisotopic (exact) mass is 659 g/mol. The zero-order chi connectivity index (χ0) is 30.2. The lowest BCUT2D eigenvalue weighted by atomic mass is 10.0. The molecule has 220 valence electrons. The van der Waals surface area contributed by atoms with E-state index in [2.05, 4.69) is 50.1 Å². The average molecular weight is 661 g/mol. The van der Waals surface area contributed by atoms with E-state index in [-0.39, 0.29) is 25.2 Å². The number of aromatic nitrogens is 1. The van der Waals surface area contributed by atoms with E-state index in [9.17, 15) is 10.1 Å². The van der Waals surface area contributed by atoms with Crippen molar-refractivity contribution >= 4 is 33.5 Å². The minimum Gasteiger partial charge on any atom is -0.488 e. The molecule has 1 aliphatic heterocycles. The zero-order valence-corrected chi connectivity index (χ0v) is 26.1. The van der Waals surface area contributed by atoms with Crippen molar-refractivity contribution in [3.05, 3.63) is 111 Å². The van der Waals surface area contributed by atoms with Crippen molar-refractivity contribution in [3.8, 4) is 28.7 Å². The first-order valence-corrected chi connectivity index (χ1v) is 15.3. The largest absolute Gasteiger partial charge is 0.488 e. The number of carbonyl (C=O) groups is 1. The highest BCUT2D eigenvalue weighted by Crippen LogP contribution is 2.37. The summed E-state index contributed by atoms with van der Waals surface area (Å²) in [5, 5.41) is 9.69. The summed E-state index contributed by atoms with van der Waals surface area (Å²) in [5.74, 6) is 0.854. The molecule has 43 heavy (non-hydrogen) atoms. The summed E-state index contributed by atoms with van der Waals surface area (Å²) in [4.78, 5) is 18.8. The summed E-state index contributed by atoms with van der Waals surface area (Å²) in [7, 11) is 0. The number of esters is 1. The number of hydrogen-bond donors (Lipinski definition) is 0. The fraction of sp³-hybridized carbons (Fsp3) is 0.265. The number of carbonyl (C=O) groups excluding carboxylic acids is 1. The van der Waals surface area contributed by atoms with Crippen LogP contribution in [-0.2, 0) is 29.3 Å². The van der Waals surface area contributed by atoms with E-state index in [1.165, 1.54) is 0 Å².